The third-order valence-corrected chi connectivity index (χ3v) is 1.84. The first-order valence-corrected chi connectivity index (χ1v) is 4.47. The lowest BCUT2D eigenvalue weighted by atomic mass is 10.7. The standard InChI is InChI=1S/C6H15O3P/c1-4-8-6(3,10-7)9-5-2/h4-5,10H2,1-3H3. The summed E-state index contributed by atoms with van der Waals surface area (Å²) in [5, 5.41) is 0. The van der Waals surface area contributed by atoms with Crippen LogP contribution in [-0.2, 0) is 14.0 Å². The molecule has 62 valence electrons. The van der Waals surface area contributed by atoms with Gasteiger partial charge in [0.25, 0.3) is 0 Å². The van der Waals surface area contributed by atoms with E-state index in [2.05, 4.69) is 0 Å². The fraction of sp³-hybridized carbons (Fsp3) is 1.00. The van der Waals surface area contributed by atoms with Gasteiger partial charge in [0, 0.05) is 13.2 Å². The maximum atomic E-state index is 10.6. The summed E-state index contributed by atoms with van der Waals surface area (Å²) < 4.78 is 20.8. The fourth-order valence-corrected chi connectivity index (χ4v) is 1.15. The first-order chi connectivity index (χ1) is 4.68. The Labute approximate surface area is 62.9 Å². The van der Waals surface area contributed by atoms with Gasteiger partial charge in [0.15, 0.2) is 0 Å². The summed E-state index contributed by atoms with van der Waals surface area (Å²) in [7, 11) is -1.03. The Morgan fingerprint density at radius 2 is 1.70 bits per heavy atom. The van der Waals surface area contributed by atoms with Crippen LogP contribution in [0.5, 0.6) is 0 Å². The second-order valence-electron chi connectivity index (χ2n) is 2.00. The lowest BCUT2D eigenvalue weighted by Crippen LogP contribution is -2.25. The third-order valence-electron chi connectivity index (χ3n) is 1.08. The molecule has 0 saturated carbocycles. The van der Waals surface area contributed by atoms with Gasteiger partial charge in [-0.25, -0.2) is 0 Å². The molecule has 0 aromatic heterocycles. The first kappa shape index (κ1) is 10.2. The fourth-order valence-electron chi connectivity index (χ4n) is 0.683. The van der Waals surface area contributed by atoms with E-state index in [1.165, 1.54) is 0 Å². The Balaban J connectivity index is 3.81. The molecule has 1 atom stereocenters. The minimum Gasteiger partial charge on any atom is -0.345 e. The molecule has 0 amide bonds. The van der Waals surface area contributed by atoms with E-state index in [1.807, 2.05) is 13.8 Å². The molecule has 0 spiro atoms. The predicted molar refractivity (Wildman–Crippen MR) is 42.1 cm³/mol. The molecular formula is C6H15O3P. The van der Waals surface area contributed by atoms with Crippen molar-refractivity contribution >= 4 is 8.46 Å². The molecule has 0 aliphatic heterocycles. The van der Waals surface area contributed by atoms with Gasteiger partial charge in [0.2, 0.25) is 5.53 Å². The molecule has 0 aromatic rings. The maximum Gasteiger partial charge on any atom is 0.213 e. The van der Waals surface area contributed by atoms with Crippen molar-refractivity contribution in [3.8, 4) is 0 Å². The summed E-state index contributed by atoms with van der Waals surface area (Å²) in [6.07, 6.45) is 0. The lowest BCUT2D eigenvalue weighted by Gasteiger charge is -2.22. The second kappa shape index (κ2) is 4.89. The van der Waals surface area contributed by atoms with Crippen LogP contribution in [0.25, 0.3) is 0 Å². The molecule has 0 N–H and O–H groups in total. The molecule has 0 heterocycles. The quantitative estimate of drug-likeness (QED) is 0.458. The highest BCUT2D eigenvalue weighted by molar-refractivity contribution is 7.25. The molecule has 0 rings (SSSR count). The van der Waals surface area contributed by atoms with Gasteiger partial charge in [-0.15, -0.1) is 0 Å². The minimum atomic E-state index is -1.03. The molecular weight excluding hydrogens is 151 g/mol. The van der Waals surface area contributed by atoms with Crippen molar-refractivity contribution < 1.29 is 14.0 Å². The largest absolute Gasteiger partial charge is 0.345 e. The van der Waals surface area contributed by atoms with E-state index in [4.69, 9.17) is 9.47 Å². The summed E-state index contributed by atoms with van der Waals surface area (Å²) in [6.45, 7) is 6.47. The van der Waals surface area contributed by atoms with E-state index < -0.39 is 14.0 Å². The molecule has 10 heavy (non-hydrogen) atoms. The third kappa shape index (κ3) is 3.35. The highest BCUT2D eigenvalue weighted by atomic mass is 31.1. The van der Waals surface area contributed by atoms with Crippen molar-refractivity contribution in [2.75, 3.05) is 13.2 Å². The zero-order valence-corrected chi connectivity index (χ0v) is 7.87. The molecule has 0 aliphatic rings. The van der Waals surface area contributed by atoms with E-state index in [-0.39, 0.29) is 0 Å². The Kier molecular flexibility index (Phi) is 4.96. The average molecular weight is 166 g/mol. The van der Waals surface area contributed by atoms with Gasteiger partial charge in [0.1, 0.15) is 8.46 Å². The van der Waals surface area contributed by atoms with Crippen LogP contribution in [0.15, 0.2) is 0 Å². The Bertz CT molecular complexity index is 99.2. The number of hydrogen-bond acceptors (Lipinski definition) is 3. The van der Waals surface area contributed by atoms with Gasteiger partial charge in [0.05, 0.1) is 0 Å². The highest BCUT2D eigenvalue weighted by Gasteiger charge is 2.21. The van der Waals surface area contributed by atoms with Gasteiger partial charge >= 0.3 is 0 Å². The van der Waals surface area contributed by atoms with Crippen LogP contribution in [-0.4, -0.2) is 18.7 Å². The van der Waals surface area contributed by atoms with Gasteiger partial charge in [-0.1, -0.05) is 0 Å². The van der Waals surface area contributed by atoms with E-state index >= 15 is 0 Å². The summed E-state index contributed by atoms with van der Waals surface area (Å²) in [5.41, 5.74) is -0.830. The molecule has 0 radical (unpaired) electrons. The predicted octanol–water partition coefficient (Wildman–Crippen LogP) is 1.49. The zero-order chi connectivity index (χ0) is 8.04. The van der Waals surface area contributed by atoms with Crippen molar-refractivity contribution in [1.82, 2.24) is 0 Å². The van der Waals surface area contributed by atoms with E-state index in [0.717, 1.165) is 0 Å². The molecule has 0 fully saturated rings. The molecule has 0 aromatic carbocycles. The topological polar surface area (TPSA) is 35.5 Å². The van der Waals surface area contributed by atoms with Crippen molar-refractivity contribution in [3.63, 3.8) is 0 Å². The van der Waals surface area contributed by atoms with Crippen LogP contribution in [0.3, 0.4) is 0 Å². The van der Waals surface area contributed by atoms with Crippen LogP contribution in [0.4, 0.5) is 0 Å². The normalized spacial score (nSPS) is 13.1. The van der Waals surface area contributed by atoms with Gasteiger partial charge < -0.3 is 14.0 Å². The van der Waals surface area contributed by atoms with Crippen LogP contribution >= 0.6 is 8.46 Å². The summed E-state index contributed by atoms with van der Waals surface area (Å²) >= 11 is 0. The number of rotatable bonds is 5. The SMILES string of the molecule is CCOC(C)(OCC)[PH2]=O. The summed E-state index contributed by atoms with van der Waals surface area (Å²) in [4.78, 5) is 0. The zero-order valence-electron chi connectivity index (χ0n) is 6.72. The average Bonchev–Trinajstić information content (AvgIpc) is 1.89. The van der Waals surface area contributed by atoms with Crippen molar-refractivity contribution in [2.45, 2.75) is 26.3 Å². The van der Waals surface area contributed by atoms with E-state index in [1.54, 1.807) is 6.92 Å². The Morgan fingerprint density at radius 1 is 1.30 bits per heavy atom. The number of ether oxygens (including phenoxy) is 2. The monoisotopic (exact) mass is 166 g/mol. The molecule has 0 bridgehead atoms. The summed E-state index contributed by atoms with van der Waals surface area (Å²) in [6, 6.07) is 0. The molecule has 1 unspecified atom stereocenters. The Morgan fingerprint density at radius 3 is 1.90 bits per heavy atom. The van der Waals surface area contributed by atoms with Crippen LogP contribution in [0.2, 0.25) is 0 Å². The molecule has 3 nitrogen and oxygen atoms in total. The Hall–Kier alpha value is 0.150. The number of hydrogen-bond donors (Lipinski definition) is 0. The van der Waals surface area contributed by atoms with Crippen molar-refractivity contribution in [1.29, 1.82) is 0 Å². The maximum absolute atomic E-state index is 10.6. The molecule has 0 saturated heterocycles. The van der Waals surface area contributed by atoms with Gasteiger partial charge in [-0.05, 0) is 20.8 Å². The molecule has 4 heteroatoms. The molecule has 0 aliphatic carbocycles. The minimum absolute atomic E-state index is 0.533. The van der Waals surface area contributed by atoms with Crippen molar-refractivity contribution in [2.24, 2.45) is 0 Å². The summed E-state index contributed by atoms with van der Waals surface area (Å²) in [5.74, 6) is 0. The van der Waals surface area contributed by atoms with Crippen molar-refractivity contribution in [3.05, 3.63) is 0 Å². The van der Waals surface area contributed by atoms with E-state index in [9.17, 15) is 4.57 Å². The first-order valence-electron chi connectivity index (χ1n) is 3.42. The van der Waals surface area contributed by atoms with Gasteiger partial charge in [-0.3, -0.25) is 0 Å². The lowest BCUT2D eigenvalue weighted by molar-refractivity contribution is -0.156. The second-order valence-corrected chi connectivity index (χ2v) is 3.28. The van der Waals surface area contributed by atoms with E-state index in [0.29, 0.717) is 13.2 Å². The van der Waals surface area contributed by atoms with Crippen LogP contribution in [0.1, 0.15) is 20.8 Å². The highest BCUT2D eigenvalue weighted by Crippen LogP contribution is 2.24. The van der Waals surface area contributed by atoms with Gasteiger partial charge in [-0.2, -0.15) is 0 Å². The van der Waals surface area contributed by atoms with Crippen LogP contribution < -0.4 is 0 Å². The van der Waals surface area contributed by atoms with Crippen LogP contribution in [0, 0.1) is 0 Å². The smallest absolute Gasteiger partial charge is 0.213 e.